The second-order valence-corrected chi connectivity index (χ2v) is 10.9. The summed E-state index contributed by atoms with van der Waals surface area (Å²) in [5.74, 6) is 8.12. The number of fused-ring (bicyclic) bond motifs is 5. The summed E-state index contributed by atoms with van der Waals surface area (Å²) in [7, 11) is 0. The van der Waals surface area contributed by atoms with Gasteiger partial charge in [-0.15, -0.1) is 0 Å². The molecule has 0 radical (unpaired) electrons. The number of rotatable bonds is 5. The Morgan fingerprint density at radius 2 is 1.71 bits per heavy atom. The Kier molecular flexibility index (Phi) is 6.19. The molecule has 4 rings (SSSR count). The molecule has 1 nitrogen and oxygen atoms in total. The van der Waals surface area contributed by atoms with Crippen LogP contribution in [0.4, 0.5) is 0 Å². The maximum absolute atomic E-state index is 11.9. The molecule has 0 bridgehead atoms. The first-order valence-electron chi connectivity index (χ1n) is 12.4. The summed E-state index contributed by atoms with van der Waals surface area (Å²) < 4.78 is 0. The Labute approximate surface area is 173 Å². The van der Waals surface area contributed by atoms with Gasteiger partial charge in [0.2, 0.25) is 0 Å². The molecule has 4 aliphatic rings. The Morgan fingerprint density at radius 1 is 0.964 bits per heavy atom. The summed E-state index contributed by atoms with van der Waals surface area (Å²) in [6.07, 6.45) is 18.7. The van der Waals surface area contributed by atoms with E-state index in [4.69, 9.17) is 0 Å². The largest absolute Gasteiger partial charge is 0.299 e. The molecule has 8 atom stereocenters. The van der Waals surface area contributed by atoms with Crippen LogP contribution in [0.15, 0.2) is 23.8 Å². The number of carbonyl (C=O) groups is 1. The SMILES string of the molecule is CCC(/C=C/C(C)C1CCC2C1CCC1C3CCC(=O)CC3=CCC12)C(C)C. The molecule has 0 amide bonds. The van der Waals surface area contributed by atoms with Crippen molar-refractivity contribution in [2.24, 2.45) is 53.3 Å². The van der Waals surface area contributed by atoms with Crippen LogP contribution < -0.4 is 0 Å². The summed E-state index contributed by atoms with van der Waals surface area (Å²) >= 11 is 0. The molecule has 0 aromatic carbocycles. The van der Waals surface area contributed by atoms with Crippen LogP contribution in [0.5, 0.6) is 0 Å². The molecule has 0 aromatic heterocycles. The minimum atomic E-state index is 0.489. The van der Waals surface area contributed by atoms with Crippen LogP contribution in [-0.2, 0) is 4.79 Å². The van der Waals surface area contributed by atoms with E-state index in [2.05, 4.69) is 45.9 Å². The average Bonchev–Trinajstić information content (AvgIpc) is 3.12. The molecule has 1 heteroatoms. The highest BCUT2D eigenvalue weighted by Crippen LogP contribution is 2.58. The predicted molar refractivity (Wildman–Crippen MR) is 118 cm³/mol. The zero-order valence-electron chi connectivity index (χ0n) is 18.7. The van der Waals surface area contributed by atoms with Crippen LogP contribution in [0, 0.1) is 53.3 Å². The van der Waals surface area contributed by atoms with Crippen molar-refractivity contribution in [3.8, 4) is 0 Å². The quantitative estimate of drug-likeness (QED) is 0.458. The minimum absolute atomic E-state index is 0.489. The van der Waals surface area contributed by atoms with E-state index < -0.39 is 0 Å². The van der Waals surface area contributed by atoms with E-state index in [0.29, 0.717) is 5.78 Å². The van der Waals surface area contributed by atoms with E-state index in [1.807, 2.05) is 0 Å². The third-order valence-corrected chi connectivity index (χ3v) is 9.31. The van der Waals surface area contributed by atoms with E-state index in [0.717, 1.165) is 72.5 Å². The van der Waals surface area contributed by atoms with Gasteiger partial charge in [-0.2, -0.15) is 0 Å². The molecule has 28 heavy (non-hydrogen) atoms. The summed E-state index contributed by atoms with van der Waals surface area (Å²) in [6.45, 7) is 9.55. The van der Waals surface area contributed by atoms with Crippen LogP contribution in [0.1, 0.15) is 85.5 Å². The average molecular weight is 383 g/mol. The van der Waals surface area contributed by atoms with E-state index in [9.17, 15) is 4.79 Å². The Balaban J connectivity index is 1.43. The molecule has 0 saturated heterocycles. The molecule has 3 fully saturated rings. The van der Waals surface area contributed by atoms with E-state index in [1.54, 1.807) is 0 Å². The van der Waals surface area contributed by atoms with Gasteiger partial charge >= 0.3 is 0 Å². The molecular weight excluding hydrogens is 340 g/mol. The van der Waals surface area contributed by atoms with E-state index in [-0.39, 0.29) is 0 Å². The lowest BCUT2D eigenvalue weighted by Gasteiger charge is -2.49. The molecule has 0 heterocycles. The number of ketones is 1. The fourth-order valence-electron chi connectivity index (χ4n) is 7.75. The molecule has 4 aliphatic carbocycles. The van der Waals surface area contributed by atoms with Gasteiger partial charge in [0.1, 0.15) is 5.78 Å². The molecule has 0 spiro atoms. The molecule has 8 unspecified atom stereocenters. The van der Waals surface area contributed by atoms with Gasteiger partial charge in [-0.1, -0.05) is 51.5 Å². The zero-order valence-corrected chi connectivity index (χ0v) is 18.7. The van der Waals surface area contributed by atoms with Crippen molar-refractivity contribution in [2.75, 3.05) is 0 Å². The number of Topliss-reactive ketones (excluding diaryl/α,β-unsaturated/α-hetero) is 1. The first-order chi connectivity index (χ1) is 13.5. The molecule has 0 N–H and O–H groups in total. The van der Waals surface area contributed by atoms with Crippen molar-refractivity contribution in [2.45, 2.75) is 85.5 Å². The molecular formula is C27H42O. The molecule has 0 aromatic rings. The maximum Gasteiger partial charge on any atom is 0.136 e. The topological polar surface area (TPSA) is 17.1 Å². The highest BCUT2D eigenvalue weighted by Gasteiger charge is 2.50. The first kappa shape index (κ1) is 20.4. The Morgan fingerprint density at radius 3 is 2.46 bits per heavy atom. The third-order valence-electron chi connectivity index (χ3n) is 9.31. The number of hydrogen-bond donors (Lipinski definition) is 0. The third kappa shape index (κ3) is 3.80. The summed E-state index contributed by atoms with van der Waals surface area (Å²) in [5, 5.41) is 0. The van der Waals surface area contributed by atoms with Crippen LogP contribution >= 0.6 is 0 Å². The lowest BCUT2D eigenvalue weighted by Crippen LogP contribution is -2.41. The van der Waals surface area contributed by atoms with Crippen LogP contribution in [0.2, 0.25) is 0 Å². The van der Waals surface area contributed by atoms with Crippen molar-refractivity contribution in [3.05, 3.63) is 23.8 Å². The number of carbonyl (C=O) groups excluding carboxylic acids is 1. The van der Waals surface area contributed by atoms with Gasteiger partial charge in [-0.25, -0.2) is 0 Å². The second kappa shape index (κ2) is 8.49. The van der Waals surface area contributed by atoms with Crippen molar-refractivity contribution in [1.82, 2.24) is 0 Å². The smallest absolute Gasteiger partial charge is 0.136 e. The van der Waals surface area contributed by atoms with Gasteiger partial charge in [0.25, 0.3) is 0 Å². The zero-order chi connectivity index (χ0) is 19.8. The minimum Gasteiger partial charge on any atom is -0.299 e. The Bertz CT molecular complexity index is 626. The number of hydrogen-bond acceptors (Lipinski definition) is 1. The molecule has 0 aliphatic heterocycles. The van der Waals surface area contributed by atoms with Crippen LogP contribution in [0.25, 0.3) is 0 Å². The van der Waals surface area contributed by atoms with Gasteiger partial charge in [0.15, 0.2) is 0 Å². The van der Waals surface area contributed by atoms with Gasteiger partial charge in [-0.05, 0) is 98.2 Å². The lowest BCUT2D eigenvalue weighted by molar-refractivity contribution is -0.120. The monoisotopic (exact) mass is 382 g/mol. The Hall–Kier alpha value is -0.850. The summed E-state index contributed by atoms with van der Waals surface area (Å²) in [5.41, 5.74) is 1.53. The van der Waals surface area contributed by atoms with Crippen LogP contribution in [-0.4, -0.2) is 5.78 Å². The van der Waals surface area contributed by atoms with Gasteiger partial charge in [0, 0.05) is 12.8 Å². The van der Waals surface area contributed by atoms with Gasteiger partial charge < -0.3 is 0 Å². The van der Waals surface area contributed by atoms with Crippen molar-refractivity contribution in [1.29, 1.82) is 0 Å². The predicted octanol–water partition coefficient (Wildman–Crippen LogP) is 7.23. The fraction of sp³-hybridized carbons (Fsp3) is 0.815. The van der Waals surface area contributed by atoms with Crippen molar-refractivity contribution in [3.63, 3.8) is 0 Å². The lowest BCUT2D eigenvalue weighted by atomic mass is 9.56. The number of allylic oxidation sites excluding steroid dienone is 4. The normalized spacial score (nSPS) is 40.0. The molecule has 3 saturated carbocycles. The highest BCUT2D eigenvalue weighted by atomic mass is 16.1. The van der Waals surface area contributed by atoms with E-state index in [1.165, 1.54) is 44.1 Å². The van der Waals surface area contributed by atoms with Gasteiger partial charge in [-0.3, -0.25) is 4.79 Å². The van der Waals surface area contributed by atoms with E-state index >= 15 is 0 Å². The van der Waals surface area contributed by atoms with Crippen LogP contribution in [0.3, 0.4) is 0 Å². The van der Waals surface area contributed by atoms with Crippen molar-refractivity contribution < 1.29 is 4.79 Å². The first-order valence-corrected chi connectivity index (χ1v) is 12.4. The standard InChI is InChI=1S/C27H42O/c1-5-19(17(2)3)7-6-18(4)22-12-13-27-24(22)14-15-25-23-11-9-21(28)16-20(23)8-10-26(25)27/h6-8,17-19,22-27H,5,9-16H2,1-4H3/b7-6+. The maximum atomic E-state index is 11.9. The summed E-state index contributed by atoms with van der Waals surface area (Å²) in [4.78, 5) is 11.9. The van der Waals surface area contributed by atoms with Crippen molar-refractivity contribution >= 4 is 5.78 Å². The summed E-state index contributed by atoms with van der Waals surface area (Å²) in [6, 6.07) is 0. The van der Waals surface area contributed by atoms with Gasteiger partial charge in [0.05, 0.1) is 0 Å². The molecule has 156 valence electrons. The fourth-order valence-corrected chi connectivity index (χ4v) is 7.75. The second-order valence-electron chi connectivity index (χ2n) is 10.9. The highest BCUT2D eigenvalue weighted by molar-refractivity contribution is 5.82.